The molecule has 1 N–H and O–H groups in total. The van der Waals surface area contributed by atoms with Gasteiger partial charge in [0.25, 0.3) is 0 Å². The lowest BCUT2D eigenvalue weighted by molar-refractivity contribution is 0.267. The van der Waals surface area contributed by atoms with Gasteiger partial charge in [-0.05, 0) is 44.6 Å². The smallest absolute Gasteiger partial charge is 0.00671 e. The van der Waals surface area contributed by atoms with Gasteiger partial charge in [0.1, 0.15) is 0 Å². The first-order valence-corrected chi connectivity index (χ1v) is 8.01. The van der Waals surface area contributed by atoms with Crippen LogP contribution in [0, 0.1) is 11.8 Å². The van der Waals surface area contributed by atoms with E-state index in [4.69, 9.17) is 0 Å². The van der Waals surface area contributed by atoms with Gasteiger partial charge in [-0.15, -0.1) is 0 Å². The highest BCUT2D eigenvalue weighted by molar-refractivity contribution is 4.76. The Hall–Kier alpha value is -0.0400. The van der Waals surface area contributed by atoms with E-state index in [1.807, 2.05) is 0 Å². The van der Waals surface area contributed by atoms with Crippen LogP contribution >= 0.6 is 0 Å². The van der Waals surface area contributed by atoms with Crippen LogP contribution < -0.4 is 5.32 Å². The fourth-order valence-corrected chi connectivity index (χ4v) is 3.10. The molecule has 2 atom stereocenters. The molecule has 17 heavy (non-hydrogen) atoms. The second-order valence-corrected chi connectivity index (χ2v) is 6.01. The Kier molecular flexibility index (Phi) is 7.92. The van der Waals surface area contributed by atoms with Crippen molar-refractivity contribution in [2.75, 3.05) is 6.54 Å². The van der Waals surface area contributed by atoms with E-state index in [9.17, 15) is 0 Å². The van der Waals surface area contributed by atoms with Gasteiger partial charge in [0.15, 0.2) is 0 Å². The van der Waals surface area contributed by atoms with Crippen molar-refractivity contribution in [2.24, 2.45) is 11.8 Å². The predicted octanol–water partition coefficient (Wildman–Crippen LogP) is 4.76. The van der Waals surface area contributed by atoms with E-state index in [-0.39, 0.29) is 0 Å². The van der Waals surface area contributed by atoms with E-state index in [1.165, 1.54) is 64.3 Å². The lowest BCUT2D eigenvalue weighted by atomic mass is 9.84. The van der Waals surface area contributed by atoms with Crippen LogP contribution in [-0.4, -0.2) is 12.6 Å². The van der Waals surface area contributed by atoms with Crippen molar-refractivity contribution in [2.45, 2.75) is 84.6 Å². The van der Waals surface area contributed by atoms with E-state index >= 15 is 0 Å². The standard InChI is InChI=1S/C16H33N/c1-4-6-10-15(5-2)13-17-14(3)16-11-8-7-9-12-16/h14-17H,4-13H2,1-3H3. The summed E-state index contributed by atoms with van der Waals surface area (Å²) in [6, 6.07) is 0.742. The lowest BCUT2D eigenvalue weighted by Crippen LogP contribution is -2.37. The van der Waals surface area contributed by atoms with Crippen LogP contribution in [0.5, 0.6) is 0 Å². The van der Waals surface area contributed by atoms with Crippen LogP contribution in [0.25, 0.3) is 0 Å². The van der Waals surface area contributed by atoms with Crippen LogP contribution in [-0.2, 0) is 0 Å². The molecule has 0 radical (unpaired) electrons. The average Bonchev–Trinajstić information content (AvgIpc) is 2.39. The molecule has 0 spiro atoms. The van der Waals surface area contributed by atoms with E-state index in [1.54, 1.807) is 0 Å². The van der Waals surface area contributed by atoms with Crippen LogP contribution in [0.4, 0.5) is 0 Å². The Balaban J connectivity index is 2.17. The van der Waals surface area contributed by atoms with Crippen LogP contribution in [0.15, 0.2) is 0 Å². The first-order chi connectivity index (χ1) is 8.27. The summed E-state index contributed by atoms with van der Waals surface area (Å²) in [5, 5.41) is 3.81. The number of rotatable bonds is 8. The molecule has 0 saturated heterocycles. The summed E-state index contributed by atoms with van der Waals surface area (Å²) in [7, 11) is 0. The molecule has 1 rings (SSSR count). The van der Waals surface area contributed by atoms with Gasteiger partial charge < -0.3 is 5.32 Å². The Morgan fingerprint density at radius 3 is 2.41 bits per heavy atom. The fraction of sp³-hybridized carbons (Fsp3) is 1.00. The van der Waals surface area contributed by atoms with Crippen molar-refractivity contribution in [3.8, 4) is 0 Å². The van der Waals surface area contributed by atoms with Crippen molar-refractivity contribution in [3.05, 3.63) is 0 Å². The summed E-state index contributed by atoms with van der Waals surface area (Å²) in [6.45, 7) is 8.29. The molecule has 0 aromatic heterocycles. The first-order valence-electron chi connectivity index (χ1n) is 8.01. The summed E-state index contributed by atoms with van der Waals surface area (Å²) in [5.74, 6) is 1.86. The normalized spacial score (nSPS) is 21.4. The molecule has 1 heteroatoms. The van der Waals surface area contributed by atoms with Crippen molar-refractivity contribution in [3.63, 3.8) is 0 Å². The van der Waals surface area contributed by atoms with E-state index < -0.39 is 0 Å². The van der Waals surface area contributed by atoms with Crippen LogP contribution in [0.2, 0.25) is 0 Å². The Labute approximate surface area is 109 Å². The van der Waals surface area contributed by atoms with Crippen LogP contribution in [0.3, 0.4) is 0 Å². The second-order valence-electron chi connectivity index (χ2n) is 6.01. The van der Waals surface area contributed by atoms with Gasteiger partial charge in [0, 0.05) is 6.04 Å². The van der Waals surface area contributed by atoms with Gasteiger partial charge in [0.2, 0.25) is 0 Å². The minimum absolute atomic E-state index is 0.742. The van der Waals surface area contributed by atoms with Gasteiger partial charge >= 0.3 is 0 Å². The molecule has 1 aliphatic rings. The molecule has 1 fully saturated rings. The molecule has 2 unspecified atom stereocenters. The summed E-state index contributed by atoms with van der Waals surface area (Å²) in [5.41, 5.74) is 0. The zero-order chi connectivity index (χ0) is 12.5. The minimum Gasteiger partial charge on any atom is -0.314 e. The molecule has 0 aromatic rings. The van der Waals surface area contributed by atoms with Gasteiger partial charge in [-0.2, -0.15) is 0 Å². The fourth-order valence-electron chi connectivity index (χ4n) is 3.10. The molecule has 1 saturated carbocycles. The first kappa shape index (κ1) is 15.0. The van der Waals surface area contributed by atoms with Gasteiger partial charge in [0.05, 0.1) is 0 Å². The minimum atomic E-state index is 0.742. The molecule has 0 aliphatic heterocycles. The summed E-state index contributed by atoms with van der Waals surface area (Å²) < 4.78 is 0. The van der Waals surface area contributed by atoms with Gasteiger partial charge in [-0.3, -0.25) is 0 Å². The maximum absolute atomic E-state index is 3.81. The van der Waals surface area contributed by atoms with E-state index in [2.05, 4.69) is 26.1 Å². The summed E-state index contributed by atoms with van der Waals surface area (Å²) in [6.07, 6.45) is 12.8. The molecule has 102 valence electrons. The quantitative estimate of drug-likeness (QED) is 0.644. The molecule has 0 amide bonds. The molecule has 0 bridgehead atoms. The molecule has 0 heterocycles. The highest BCUT2D eigenvalue weighted by Gasteiger charge is 2.20. The highest BCUT2D eigenvalue weighted by atomic mass is 14.9. The largest absolute Gasteiger partial charge is 0.314 e. The second kappa shape index (κ2) is 8.97. The SMILES string of the molecule is CCCCC(CC)CNC(C)C1CCCCC1. The molecule has 1 aliphatic carbocycles. The van der Waals surface area contributed by atoms with Crippen molar-refractivity contribution >= 4 is 0 Å². The van der Waals surface area contributed by atoms with E-state index in [0.29, 0.717) is 0 Å². The third kappa shape index (κ3) is 5.90. The highest BCUT2D eigenvalue weighted by Crippen LogP contribution is 2.26. The topological polar surface area (TPSA) is 12.0 Å². The molecule has 0 aromatic carbocycles. The predicted molar refractivity (Wildman–Crippen MR) is 77.3 cm³/mol. The van der Waals surface area contributed by atoms with Crippen molar-refractivity contribution < 1.29 is 0 Å². The Morgan fingerprint density at radius 1 is 1.12 bits per heavy atom. The maximum atomic E-state index is 3.81. The monoisotopic (exact) mass is 239 g/mol. The number of hydrogen-bond acceptors (Lipinski definition) is 1. The van der Waals surface area contributed by atoms with Crippen molar-refractivity contribution in [1.29, 1.82) is 0 Å². The molecular weight excluding hydrogens is 206 g/mol. The third-order valence-corrected chi connectivity index (χ3v) is 4.63. The van der Waals surface area contributed by atoms with E-state index in [0.717, 1.165) is 17.9 Å². The zero-order valence-corrected chi connectivity index (χ0v) is 12.3. The average molecular weight is 239 g/mol. The number of hydrogen-bond donors (Lipinski definition) is 1. The number of nitrogens with one attached hydrogen (secondary N) is 1. The maximum Gasteiger partial charge on any atom is 0.00671 e. The Bertz CT molecular complexity index is 172. The molecule has 1 nitrogen and oxygen atoms in total. The zero-order valence-electron chi connectivity index (χ0n) is 12.3. The third-order valence-electron chi connectivity index (χ3n) is 4.63. The Morgan fingerprint density at radius 2 is 1.82 bits per heavy atom. The van der Waals surface area contributed by atoms with Crippen LogP contribution in [0.1, 0.15) is 78.6 Å². The van der Waals surface area contributed by atoms with Crippen molar-refractivity contribution in [1.82, 2.24) is 5.32 Å². The molecular formula is C16H33N. The number of unbranched alkanes of at least 4 members (excludes halogenated alkanes) is 1. The lowest BCUT2D eigenvalue weighted by Gasteiger charge is -2.29. The van der Waals surface area contributed by atoms with Gasteiger partial charge in [-0.1, -0.05) is 52.4 Å². The van der Waals surface area contributed by atoms with Gasteiger partial charge in [-0.25, -0.2) is 0 Å². The summed E-state index contributed by atoms with van der Waals surface area (Å²) >= 11 is 0. The summed E-state index contributed by atoms with van der Waals surface area (Å²) in [4.78, 5) is 0.